The molecule has 1 heterocycles. The molecule has 0 fully saturated rings. The van der Waals surface area contributed by atoms with Crippen LogP contribution in [0.5, 0.6) is 11.5 Å². The van der Waals surface area contributed by atoms with Crippen LogP contribution in [0.15, 0.2) is 108 Å². The van der Waals surface area contributed by atoms with Crippen LogP contribution in [-0.4, -0.2) is 4.73 Å². The van der Waals surface area contributed by atoms with Gasteiger partial charge in [-0.1, -0.05) is 60.2 Å². The Bertz CT molecular complexity index is 1490. The highest BCUT2D eigenvalue weighted by Crippen LogP contribution is 2.21. The first-order chi connectivity index (χ1) is 16.6. The second-order valence-electron chi connectivity index (χ2n) is 7.93. The highest BCUT2D eigenvalue weighted by atomic mass is 16.7. The third kappa shape index (κ3) is 4.21. The van der Waals surface area contributed by atoms with E-state index in [0.717, 1.165) is 16.9 Å². The van der Waals surface area contributed by atoms with Gasteiger partial charge >= 0.3 is 5.56 Å². The highest BCUT2D eigenvalue weighted by molar-refractivity contribution is 5.73. The molecule has 168 valence electrons. The van der Waals surface area contributed by atoms with E-state index in [4.69, 9.17) is 9.57 Å². The third-order valence-corrected chi connectivity index (χ3v) is 5.50. The summed E-state index contributed by atoms with van der Waals surface area (Å²) in [6, 6.07) is 31.2. The number of para-hydroxylation sites is 3. The molecule has 0 aliphatic rings. The summed E-state index contributed by atoms with van der Waals surface area (Å²) in [6.45, 7) is 2.10. The number of ether oxygens (including phenoxy) is 1. The van der Waals surface area contributed by atoms with Crippen LogP contribution in [0, 0.1) is 12.1 Å². The van der Waals surface area contributed by atoms with Gasteiger partial charge in [-0.2, -0.15) is 4.73 Å². The van der Waals surface area contributed by atoms with Crippen molar-refractivity contribution in [2.45, 2.75) is 13.5 Å². The first kappa shape index (κ1) is 21.3. The minimum absolute atomic E-state index is 0.0188. The number of aromatic nitrogens is 2. The fraction of sp³-hybridized carbons (Fsp3) is 0.0714. The molecule has 6 heteroatoms. The van der Waals surface area contributed by atoms with E-state index >= 15 is 0 Å². The Morgan fingerprint density at radius 1 is 0.794 bits per heavy atom. The summed E-state index contributed by atoms with van der Waals surface area (Å²) in [7, 11) is 0. The largest absolute Gasteiger partial charge is 0.618 e. The van der Waals surface area contributed by atoms with Crippen molar-refractivity contribution in [3.8, 4) is 22.8 Å². The topological polar surface area (TPSA) is 67.4 Å². The normalized spacial score (nSPS) is 10.9. The SMILES string of the molecule is Cc1ccc(-c2c(=O)n(OCc3ccc(Oc4ccccc4)cc3)c3ccccc3[n+]2[O-])cc1. The zero-order valence-electron chi connectivity index (χ0n) is 18.5. The lowest BCUT2D eigenvalue weighted by atomic mass is 10.1. The molecule has 0 aliphatic carbocycles. The van der Waals surface area contributed by atoms with Crippen molar-refractivity contribution >= 4 is 11.0 Å². The summed E-state index contributed by atoms with van der Waals surface area (Å²) in [5.41, 5.74) is 2.69. The Labute approximate surface area is 196 Å². The Morgan fingerprint density at radius 2 is 1.44 bits per heavy atom. The van der Waals surface area contributed by atoms with Crippen molar-refractivity contribution in [2.24, 2.45) is 0 Å². The standard InChI is InChI=1S/C28H22N2O4/c1-20-11-15-22(16-12-20)27-28(31)30(26-10-6-5-9-25(26)29(27)32)33-19-21-13-17-24(18-14-21)34-23-7-3-2-4-8-23/h2-18H,19H2,1H3. The Kier molecular flexibility index (Phi) is 5.70. The molecule has 0 radical (unpaired) electrons. The predicted octanol–water partition coefficient (Wildman–Crippen LogP) is 5.03. The Balaban J connectivity index is 1.45. The van der Waals surface area contributed by atoms with E-state index in [1.54, 1.807) is 36.4 Å². The summed E-state index contributed by atoms with van der Waals surface area (Å²) in [6.07, 6.45) is 0. The van der Waals surface area contributed by atoms with E-state index in [1.807, 2.05) is 73.7 Å². The van der Waals surface area contributed by atoms with Gasteiger partial charge < -0.3 is 14.8 Å². The maximum atomic E-state index is 13.4. The average Bonchev–Trinajstić information content (AvgIpc) is 2.87. The van der Waals surface area contributed by atoms with Gasteiger partial charge in [0.25, 0.3) is 5.69 Å². The van der Waals surface area contributed by atoms with Gasteiger partial charge in [-0.05, 0) is 55.0 Å². The van der Waals surface area contributed by atoms with Crippen molar-refractivity contribution < 1.29 is 14.3 Å². The number of hydrogen-bond acceptors (Lipinski definition) is 4. The molecule has 4 aromatic carbocycles. The van der Waals surface area contributed by atoms with Gasteiger partial charge in [0.1, 0.15) is 18.1 Å². The summed E-state index contributed by atoms with van der Waals surface area (Å²) in [4.78, 5) is 19.3. The zero-order valence-corrected chi connectivity index (χ0v) is 18.5. The number of aryl methyl sites for hydroxylation is 1. The van der Waals surface area contributed by atoms with Crippen molar-refractivity contribution in [1.29, 1.82) is 0 Å². The van der Waals surface area contributed by atoms with Gasteiger partial charge in [0, 0.05) is 6.07 Å². The lowest BCUT2D eigenvalue weighted by Gasteiger charge is -2.14. The number of benzene rings is 4. The van der Waals surface area contributed by atoms with E-state index in [0.29, 0.717) is 27.1 Å². The van der Waals surface area contributed by atoms with Crippen molar-refractivity contribution in [1.82, 2.24) is 4.73 Å². The fourth-order valence-corrected chi connectivity index (χ4v) is 3.72. The van der Waals surface area contributed by atoms with Gasteiger partial charge in [0.2, 0.25) is 5.52 Å². The molecule has 0 atom stereocenters. The Morgan fingerprint density at radius 3 is 2.18 bits per heavy atom. The van der Waals surface area contributed by atoms with Crippen LogP contribution in [-0.2, 0) is 6.61 Å². The molecule has 0 aliphatic heterocycles. The lowest BCUT2D eigenvalue weighted by Crippen LogP contribution is -2.42. The number of hydrogen-bond donors (Lipinski definition) is 0. The van der Waals surface area contributed by atoms with Crippen LogP contribution in [0.2, 0.25) is 0 Å². The maximum absolute atomic E-state index is 13.4. The average molecular weight is 450 g/mol. The fourth-order valence-electron chi connectivity index (χ4n) is 3.72. The van der Waals surface area contributed by atoms with E-state index in [-0.39, 0.29) is 12.3 Å². The molecule has 0 saturated heterocycles. The smallest absolute Gasteiger partial charge is 0.357 e. The summed E-state index contributed by atoms with van der Waals surface area (Å²) in [5.74, 6) is 1.45. The van der Waals surface area contributed by atoms with Gasteiger partial charge in [-0.3, -0.25) is 4.79 Å². The van der Waals surface area contributed by atoms with Gasteiger partial charge in [0.05, 0.1) is 5.56 Å². The maximum Gasteiger partial charge on any atom is 0.357 e. The first-order valence-electron chi connectivity index (χ1n) is 10.9. The van der Waals surface area contributed by atoms with E-state index in [1.165, 1.54) is 4.73 Å². The van der Waals surface area contributed by atoms with Crippen LogP contribution in [0.25, 0.3) is 22.3 Å². The van der Waals surface area contributed by atoms with Gasteiger partial charge in [0.15, 0.2) is 5.52 Å². The van der Waals surface area contributed by atoms with Crippen LogP contribution in [0.1, 0.15) is 11.1 Å². The molecule has 0 saturated carbocycles. The second kappa shape index (κ2) is 9.11. The van der Waals surface area contributed by atoms with Crippen molar-refractivity contribution in [2.75, 3.05) is 0 Å². The Hall–Kier alpha value is -4.58. The number of fused-ring (bicyclic) bond motifs is 1. The summed E-state index contributed by atoms with van der Waals surface area (Å²) >= 11 is 0. The van der Waals surface area contributed by atoms with Crippen molar-refractivity contribution in [3.63, 3.8) is 0 Å². The van der Waals surface area contributed by atoms with Crippen molar-refractivity contribution in [3.05, 3.63) is 130 Å². The van der Waals surface area contributed by atoms with Crippen LogP contribution in [0.4, 0.5) is 0 Å². The highest BCUT2D eigenvalue weighted by Gasteiger charge is 2.23. The monoisotopic (exact) mass is 450 g/mol. The van der Waals surface area contributed by atoms with E-state index < -0.39 is 5.56 Å². The molecular formula is C28H22N2O4. The van der Waals surface area contributed by atoms with E-state index in [2.05, 4.69) is 0 Å². The minimum Gasteiger partial charge on any atom is -0.618 e. The first-order valence-corrected chi connectivity index (χ1v) is 10.9. The molecule has 0 bridgehead atoms. The second-order valence-corrected chi connectivity index (χ2v) is 7.93. The molecule has 5 aromatic rings. The van der Waals surface area contributed by atoms with E-state index in [9.17, 15) is 10.0 Å². The minimum atomic E-state index is -0.512. The molecule has 6 nitrogen and oxygen atoms in total. The number of rotatable bonds is 6. The molecule has 1 aromatic heterocycles. The lowest BCUT2D eigenvalue weighted by molar-refractivity contribution is -0.566. The molecule has 0 N–H and O–H groups in total. The molecule has 34 heavy (non-hydrogen) atoms. The van der Waals surface area contributed by atoms with Crippen LogP contribution < -0.4 is 19.9 Å². The number of nitrogens with zero attached hydrogens (tertiary/aromatic N) is 2. The summed E-state index contributed by atoms with van der Waals surface area (Å²) in [5, 5.41) is 13.1. The predicted molar refractivity (Wildman–Crippen MR) is 131 cm³/mol. The van der Waals surface area contributed by atoms with Gasteiger partial charge in [-0.15, -0.1) is 4.73 Å². The molecule has 0 unspecified atom stereocenters. The molecule has 0 spiro atoms. The zero-order chi connectivity index (χ0) is 23.5. The third-order valence-electron chi connectivity index (χ3n) is 5.50. The van der Waals surface area contributed by atoms with Crippen LogP contribution in [0.3, 0.4) is 0 Å². The molecule has 5 rings (SSSR count). The van der Waals surface area contributed by atoms with Gasteiger partial charge in [-0.25, -0.2) is 0 Å². The molecule has 0 amide bonds. The quantitative estimate of drug-likeness (QED) is 0.269. The van der Waals surface area contributed by atoms with Crippen LogP contribution >= 0.6 is 0 Å². The molecular weight excluding hydrogens is 428 g/mol. The summed E-state index contributed by atoms with van der Waals surface area (Å²) < 4.78 is 7.71.